The van der Waals surface area contributed by atoms with Crippen molar-refractivity contribution in [2.45, 2.75) is 13.2 Å². The number of aromatic nitrogens is 4. The molecule has 0 unspecified atom stereocenters. The molecule has 0 bridgehead atoms. The van der Waals surface area contributed by atoms with E-state index in [1.165, 1.54) is 18.5 Å². The number of hydrogen-bond acceptors (Lipinski definition) is 4. The van der Waals surface area contributed by atoms with Crippen LogP contribution < -0.4 is 0 Å². The Morgan fingerprint density at radius 1 is 0.952 bits per heavy atom. The molecule has 0 saturated heterocycles. The predicted molar refractivity (Wildman–Crippen MR) is 74.5 cm³/mol. The molecule has 1 N–H and O–H groups in total. The number of rotatable bonds is 5. The van der Waals surface area contributed by atoms with Crippen molar-refractivity contribution in [1.29, 1.82) is 0 Å². The quantitative estimate of drug-likeness (QED) is 0.782. The fourth-order valence-electron chi connectivity index (χ4n) is 1.85. The van der Waals surface area contributed by atoms with Gasteiger partial charge in [0.25, 0.3) is 0 Å². The Labute approximate surface area is 120 Å². The molecule has 0 saturated carbocycles. The summed E-state index contributed by atoms with van der Waals surface area (Å²) in [6.07, 6.45) is 3.18. The third kappa shape index (κ3) is 3.49. The van der Waals surface area contributed by atoms with E-state index < -0.39 is 0 Å². The number of H-pyrrole nitrogens is 1. The standard InChI is InChI=1S/C15H13FN4O/c16-13-4-1-11(2-5-13)8-21-9-12-3-6-14(17-7-12)15-18-10-19-20-15/h1-7,10H,8-9H2,(H,18,19,20). The van der Waals surface area contributed by atoms with E-state index in [1.54, 1.807) is 18.3 Å². The van der Waals surface area contributed by atoms with Crippen molar-refractivity contribution in [3.8, 4) is 11.5 Å². The van der Waals surface area contributed by atoms with Gasteiger partial charge in [0.15, 0.2) is 5.82 Å². The second kappa shape index (κ2) is 6.23. The normalized spacial score (nSPS) is 10.7. The number of benzene rings is 1. The molecule has 3 aromatic rings. The van der Waals surface area contributed by atoms with Gasteiger partial charge in [0.1, 0.15) is 17.8 Å². The van der Waals surface area contributed by atoms with Crippen LogP contribution >= 0.6 is 0 Å². The summed E-state index contributed by atoms with van der Waals surface area (Å²) in [7, 11) is 0. The number of aromatic amines is 1. The Hall–Kier alpha value is -2.60. The maximum atomic E-state index is 12.8. The van der Waals surface area contributed by atoms with Crippen LogP contribution in [0.3, 0.4) is 0 Å². The van der Waals surface area contributed by atoms with Crippen LogP contribution in [-0.4, -0.2) is 20.2 Å². The lowest BCUT2D eigenvalue weighted by Gasteiger charge is -2.05. The van der Waals surface area contributed by atoms with Gasteiger partial charge in [-0.2, -0.15) is 5.10 Å². The summed E-state index contributed by atoms with van der Waals surface area (Å²) in [5.74, 6) is 0.389. The lowest BCUT2D eigenvalue weighted by Crippen LogP contribution is -1.96. The van der Waals surface area contributed by atoms with Gasteiger partial charge in [-0.15, -0.1) is 0 Å². The van der Waals surface area contributed by atoms with Gasteiger partial charge in [0.2, 0.25) is 0 Å². The minimum Gasteiger partial charge on any atom is -0.372 e. The smallest absolute Gasteiger partial charge is 0.174 e. The first-order chi connectivity index (χ1) is 10.3. The van der Waals surface area contributed by atoms with E-state index in [4.69, 9.17) is 4.74 Å². The third-order valence-electron chi connectivity index (χ3n) is 2.93. The topological polar surface area (TPSA) is 63.7 Å². The summed E-state index contributed by atoms with van der Waals surface area (Å²) in [6.45, 7) is 0.880. The van der Waals surface area contributed by atoms with E-state index in [-0.39, 0.29) is 5.82 Å². The number of hydrogen-bond donors (Lipinski definition) is 1. The van der Waals surface area contributed by atoms with Crippen molar-refractivity contribution in [2.75, 3.05) is 0 Å². The van der Waals surface area contributed by atoms with Gasteiger partial charge in [-0.05, 0) is 29.3 Å². The first-order valence-electron chi connectivity index (χ1n) is 6.44. The SMILES string of the molecule is Fc1ccc(COCc2ccc(-c3ncn[nH]3)nc2)cc1. The monoisotopic (exact) mass is 284 g/mol. The Bertz CT molecular complexity index is 681. The Morgan fingerprint density at radius 2 is 1.71 bits per heavy atom. The highest BCUT2D eigenvalue weighted by Gasteiger charge is 2.02. The van der Waals surface area contributed by atoms with E-state index in [2.05, 4.69) is 20.2 Å². The van der Waals surface area contributed by atoms with Crippen LogP contribution in [0.5, 0.6) is 0 Å². The van der Waals surface area contributed by atoms with Gasteiger partial charge < -0.3 is 4.74 Å². The van der Waals surface area contributed by atoms with Gasteiger partial charge in [-0.3, -0.25) is 10.1 Å². The van der Waals surface area contributed by atoms with Crippen LogP contribution in [0, 0.1) is 5.82 Å². The van der Waals surface area contributed by atoms with Gasteiger partial charge in [0, 0.05) is 6.20 Å². The Kier molecular flexibility index (Phi) is 3.97. The van der Waals surface area contributed by atoms with E-state index >= 15 is 0 Å². The molecule has 5 nitrogen and oxygen atoms in total. The third-order valence-corrected chi connectivity index (χ3v) is 2.93. The lowest BCUT2D eigenvalue weighted by atomic mass is 10.2. The fraction of sp³-hybridized carbons (Fsp3) is 0.133. The molecule has 0 spiro atoms. The van der Waals surface area contributed by atoms with Crippen molar-refractivity contribution in [2.24, 2.45) is 0 Å². The summed E-state index contributed by atoms with van der Waals surface area (Å²) < 4.78 is 18.3. The molecule has 2 aromatic heterocycles. The molecule has 6 heteroatoms. The summed E-state index contributed by atoms with van der Waals surface area (Å²) in [5.41, 5.74) is 2.62. The summed E-state index contributed by atoms with van der Waals surface area (Å²) in [5, 5.41) is 6.54. The first kappa shape index (κ1) is 13.4. The maximum Gasteiger partial charge on any atom is 0.174 e. The minimum absolute atomic E-state index is 0.244. The van der Waals surface area contributed by atoms with Gasteiger partial charge in [-0.1, -0.05) is 18.2 Å². The van der Waals surface area contributed by atoms with Crippen LogP contribution in [0.15, 0.2) is 48.9 Å². The minimum atomic E-state index is -0.244. The van der Waals surface area contributed by atoms with Gasteiger partial charge in [0.05, 0.1) is 13.2 Å². The molecule has 3 rings (SSSR count). The number of nitrogens with zero attached hydrogens (tertiary/aromatic N) is 3. The predicted octanol–water partition coefficient (Wildman–Crippen LogP) is 2.72. The molecule has 1 aromatic carbocycles. The highest BCUT2D eigenvalue weighted by atomic mass is 19.1. The Balaban J connectivity index is 1.55. The molecule has 2 heterocycles. The summed E-state index contributed by atoms with van der Waals surface area (Å²) >= 11 is 0. The van der Waals surface area contributed by atoms with Crippen LogP contribution in [0.25, 0.3) is 11.5 Å². The van der Waals surface area contributed by atoms with Crippen molar-refractivity contribution >= 4 is 0 Å². The van der Waals surface area contributed by atoms with Crippen molar-refractivity contribution in [1.82, 2.24) is 20.2 Å². The second-order valence-corrected chi connectivity index (χ2v) is 4.51. The summed E-state index contributed by atoms with van der Waals surface area (Å²) in [4.78, 5) is 8.33. The summed E-state index contributed by atoms with van der Waals surface area (Å²) in [6, 6.07) is 10.0. The van der Waals surface area contributed by atoms with E-state index in [0.29, 0.717) is 19.0 Å². The molecule has 21 heavy (non-hydrogen) atoms. The van der Waals surface area contributed by atoms with Gasteiger partial charge >= 0.3 is 0 Å². The zero-order valence-corrected chi connectivity index (χ0v) is 11.2. The molecular weight excluding hydrogens is 271 g/mol. The molecule has 0 atom stereocenters. The van der Waals surface area contributed by atoms with Crippen molar-refractivity contribution in [3.63, 3.8) is 0 Å². The van der Waals surface area contributed by atoms with Crippen LogP contribution in [0.1, 0.15) is 11.1 Å². The van der Waals surface area contributed by atoms with Crippen molar-refractivity contribution in [3.05, 3.63) is 65.9 Å². The Morgan fingerprint density at radius 3 is 2.38 bits per heavy atom. The van der Waals surface area contributed by atoms with Crippen molar-refractivity contribution < 1.29 is 9.13 Å². The number of nitrogens with one attached hydrogen (secondary N) is 1. The molecule has 0 aliphatic rings. The molecule has 106 valence electrons. The fourth-order valence-corrected chi connectivity index (χ4v) is 1.85. The van der Waals surface area contributed by atoms with E-state index in [9.17, 15) is 4.39 Å². The molecular formula is C15H13FN4O. The molecule has 0 aliphatic carbocycles. The molecule has 0 amide bonds. The van der Waals surface area contributed by atoms with E-state index in [1.807, 2.05) is 12.1 Å². The maximum absolute atomic E-state index is 12.8. The molecule has 0 fully saturated rings. The van der Waals surface area contributed by atoms with E-state index in [0.717, 1.165) is 16.8 Å². The highest BCUT2D eigenvalue weighted by molar-refractivity contribution is 5.47. The average Bonchev–Trinajstić information content (AvgIpc) is 3.04. The first-order valence-corrected chi connectivity index (χ1v) is 6.44. The zero-order valence-electron chi connectivity index (χ0n) is 11.2. The zero-order chi connectivity index (χ0) is 14.5. The largest absolute Gasteiger partial charge is 0.372 e. The van der Waals surface area contributed by atoms with Crippen LogP contribution in [0.4, 0.5) is 4.39 Å². The number of halogens is 1. The molecule has 0 radical (unpaired) electrons. The molecule has 0 aliphatic heterocycles. The number of ether oxygens (including phenoxy) is 1. The van der Waals surface area contributed by atoms with Gasteiger partial charge in [-0.25, -0.2) is 9.37 Å². The number of pyridine rings is 1. The second-order valence-electron chi connectivity index (χ2n) is 4.51. The lowest BCUT2D eigenvalue weighted by molar-refractivity contribution is 0.107. The van der Waals surface area contributed by atoms with Crippen LogP contribution in [0.2, 0.25) is 0 Å². The average molecular weight is 284 g/mol. The highest BCUT2D eigenvalue weighted by Crippen LogP contribution is 2.12. The van der Waals surface area contributed by atoms with Crippen LogP contribution in [-0.2, 0) is 18.0 Å².